The zero-order chi connectivity index (χ0) is 13.7. The van der Waals surface area contributed by atoms with Crippen molar-refractivity contribution in [3.63, 3.8) is 0 Å². The van der Waals surface area contributed by atoms with Gasteiger partial charge in [0.2, 0.25) is 0 Å². The predicted molar refractivity (Wildman–Crippen MR) is 87.8 cm³/mol. The topological polar surface area (TPSA) is 12.0 Å². The fraction of sp³-hybridized carbons (Fsp3) is 0.529. The van der Waals surface area contributed by atoms with Crippen LogP contribution in [-0.2, 0) is 0 Å². The van der Waals surface area contributed by atoms with E-state index in [1.807, 2.05) is 0 Å². The van der Waals surface area contributed by atoms with Gasteiger partial charge >= 0.3 is 0 Å². The Labute approximate surface area is 119 Å². The first-order valence-corrected chi connectivity index (χ1v) is 10.6. The van der Waals surface area contributed by atoms with Crippen LogP contribution in [0.1, 0.15) is 25.7 Å². The van der Waals surface area contributed by atoms with Gasteiger partial charge in [0.25, 0.3) is 0 Å². The molecule has 1 nitrogen and oxygen atoms in total. The van der Waals surface area contributed by atoms with Crippen molar-refractivity contribution in [1.29, 1.82) is 0 Å². The minimum atomic E-state index is -1.39. The molecule has 19 heavy (non-hydrogen) atoms. The van der Waals surface area contributed by atoms with Crippen LogP contribution < -0.4 is 10.5 Å². The molecule has 0 saturated carbocycles. The molecule has 0 aromatic heterocycles. The summed E-state index contributed by atoms with van der Waals surface area (Å²) in [6.07, 6.45) is 7.81. The molecule has 1 aromatic carbocycles. The molecule has 1 aliphatic carbocycles. The van der Waals surface area contributed by atoms with Crippen molar-refractivity contribution < 1.29 is 0 Å². The van der Waals surface area contributed by atoms with Gasteiger partial charge in [-0.15, -0.1) is 0 Å². The number of hydrogen-bond acceptors (Lipinski definition) is 1. The van der Waals surface area contributed by atoms with Crippen molar-refractivity contribution in [2.75, 3.05) is 13.6 Å². The van der Waals surface area contributed by atoms with Crippen LogP contribution >= 0.6 is 0 Å². The first-order chi connectivity index (χ1) is 9.16. The maximum absolute atomic E-state index is 3.30. The molecule has 2 rings (SSSR count). The molecule has 1 N–H and O–H groups in total. The third-order valence-corrected chi connectivity index (χ3v) is 8.83. The van der Waals surface area contributed by atoms with Crippen molar-refractivity contribution in [3.05, 3.63) is 42.0 Å². The number of nitrogens with one attached hydrogen (secondary N) is 1. The van der Waals surface area contributed by atoms with E-state index in [9.17, 15) is 0 Å². The second-order valence-corrected chi connectivity index (χ2v) is 10.9. The number of benzene rings is 1. The van der Waals surface area contributed by atoms with E-state index in [0.717, 1.165) is 12.1 Å². The van der Waals surface area contributed by atoms with Gasteiger partial charge in [-0.2, -0.15) is 0 Å². The Morgan fingerprint density at radius 1 is 1.21 bits per heavy atom. The molecule has 0 radical (unpaired) electrons. The summed E-state index contributed by atoms with van der Waals surface area (Å²) in [7, 11) is 0.666. The maximum atomic E-state index is 3.30. The fourth-order valence-electron chi connectivity index (χ4n) is 3.38. The van der Waals surface area contributed by atoms with Crippen LogP contribution in [0.2, 0.25) is 18.6 Å². The second kappa shape index (κ2) is 6.53. The minimum Gasteiger partial charge on any atom is -0.319 e. The second-order valence-electron chi connectivity index (χ2n) is 6.20. The molecule has 2 heteroatoms. The molecule has 0 aliphatic heterocycles. The minimum absolute atomic E-state index is 0.831. The van der Waals surface area contributed by atoms with Gasteiger partial charge in [-0.05, 0) is 44.8 Å². The summed E-state index contributed by atoms with van der Waals surface area (Å²) < 4.78 is 0. The lowest BCUT2D eigenvalue weighted by atomic mass is 9.96. The lowest BCUT2D eigenvalue weighted by Gasteiger charge is -2.37. The van der Waals surface area contributed by atoms with E-state index in [2.05, 4.69) is 61.9 Å². The Hall–Kier alpha value is -0.863. The van der Waals surface area contributed by atoms with E-state index < -0.39 is 8.07 Å². The van der Waals surface area contributed by atoms with E-state index in [0.29, 0.717) is 0 Å². The van der Waals surface area contributed by atoms with Gasteiger partial charge in [-0.3, -0.25) is 0 Å². The molecule has 0 fully saturated rings. The van der Waals surface area contributed by atoms with Crippen LogP contribution in [0.5, 0.6) is 0 Å². The zero-order valence-electron chi connectivity index (χ0n) is 12.6. The molecule has 1 unspecified atom stereocenters. The van der Waals surface area contributed by atoms with Crippen molar-refractivity contribution in [2.45, 2.75) is 44.3 Å². The Kier molecular flexibility index (Phi) is 5.00. The van der Waals surface area contributed by atoms with Gasteiger partial charge in [0.05, 0.1) is 8.07 Å². The van der Waals surface area contributed by atoms with Crippen molar-refractivity contribution in [1.82, 2.24) is 5.32 Å². The van der Waals surface area contributed by atoms with Crippen LogP contribution in [0.15, 0.2) is 42.0 Å². The van der Waals surface area contributed by atoms with Gasteiger partial charge in [-0.25, -0.2) is 0 Å². The molecule has 1 atom stereocenters. The van der Waals surface area contributed by atoms with Crippen LogP contribution in [0.25, 0.3) is 0 Å². The third-order valence-electron chi connectivity index (χ3n) is 4.60. The zero-order valence-corrected chi connectivity index (χ0v) is 13.6. The fourth-order valence-corrected chi connectivity index (χ4v) is 6.94. The molecule has 1 aromatic rings. The van der Waals surface area contributed by atoms with Gasteiger partial charge in [-0.1, -0.05) is 60.3 Å². The van der Waals surface area contributed by atoms with Crippen molar-refractivity contribution >= 4 is 13.3 Å². The first-order valence-electron chi connectivity index (χ1n) is 7.55. The summed E-state index contributed by atoms with van der Waals surface area (Å²) >= 11 is 0. The van der Waals surface area contributed by atoms with E-state index in [-0.39, 0.29) is 0 Å². The summed E-state index contributed by atoms with van der Waals surface area (Å²) in [6, 6.07) is 11.2. The summed E-state index contributed by atoms with van der Waals surface area (Å²) in [5.74, 6) is 0. The normalized spacial score (nSPS) is 20.2. The van der Waals surface area contributed by atoms with Gasteiger partial charge in [0.1, 0.15) is 0 Å². The van der Waals surface area contributed by atoms with Crippen LogP contribution in [0.3, 0.4) is 0 Å². The smallest absolute Gasteiger partial charge is 0.0876 e. The van der Waals surface area contributed by atoms with Crippen LogP contribution in [0, 0.1) is 0 Å². The van der Waals surface area contributed by atoms with Crippen LogP contribution in [-0.4, -0.2) is 21.7 Å². The van der Waals surface area contributed by atoms with E-state index >= 15 is 0 Å². The van der Waals surface area contributed by atoms with Crippen molar-refractivity contribution in [2.24, 2.45) is 0 Å². The molecular weight excluding hydrogens is 246 g/mol. The van der Waals surface area contributed by atoms with Gasteiger partial charge in [0.15, 0.2) is 0 Å². The van der Waals surface area contributed by atoms with Gasteiger partial charge < -0.3 is 5.32 Å². The largest absolute Gasteiger partial charge is 0.319 e. The molecule has 0 saturated heterocycles. The highest BCUT2D eigenvalue weighted by molar-refractivity contribution is 6.91. The van der Waals surface area contributed by atoms with Gasteiger partial charge in [0, 0.05) is 0 Å². The monoisotopic (exact) mass is 273 g/mol. The Balaban J connectivity index is 2.22. The third kappa shape index (κ3) is 3.37. The lowest BCUT2D eigenvalue weighted by molar-refractivity contribution is 0.647. The SMILES string of the molecule is CNCCC1=CCCCC1[Si](C)(C)c1ccccc1. The summed E-state index contributed by atoms with van der Waals surface area (Å²) in [5, 5.41) is 4.91. The highest BCUT2D eigenvalue weighted by Crippen LogP contribution is 2.39. The van der Waals surface area contributed by atoms with E-state index in [4.69, 9.17) is 0 Å². The number of hydrogen-bond donors (Lipinski definition) is 1. The number of allylic oxidation sites excluding steroid dienone is 1. The lowest BCUT2D eigenvalue weighted by Crippen LogP contribution is -2.47. The first kappa shape index (κ1) is 14.5. The highest BCUT2D eigenvalue weighted by Gasteiger charge is 2.36. The summed E-state index contributed by atoms with van der Waals surface area (Å²) in [6.45, 7) is 6.21. The van der Waals surface area contributed by atoms with E-state index in [1.165, 1.54) is 25.7 Å². The molecule has 0 bridgehead atoms. The summed E-state index contributed by atoms with van der Waals surface area (Å²) in [5.41, 5.74) is 2.55. The standard InChI is InChI=1S/C17H27NSi/c1-18-14-13-15-9-7-8-12-17(15)19(2,3)16-10-5-4-6-11-16/h4-6,9-11,17-18H,7-8,12-14H2,1-3H3. The average molecular weight is 273 g/mol. The molecular formula is C17H27NSi. The van der Waals surface area contributed by atoms with E-state index in [1.54, 1.807) is 10.8 Å². The number of rotatable bonds is 5. The van der Waals surface area contributed by atoms with Crippen molar-refractivity contribution in [3.8, 4) is 0 Å². The molecule has 0 amide bonds. The molecule has 104 valence electrons. The molecule has 1 aliphatic rings. The quantitative estimate of drug-likeness (QED) is 0.637. The predicted octanol–water partition coefficient (Wildman–Crippen LogP) is 3.69. The Morgan fingerprint density at radius 3 is 2.63 bits per heavy atom. The average Bonchev–Trinajstić information content (AvgIpc) is 2.46. The Bertz CT molecular complexity index is 422. The molecule has 0 spiro atoms. The Morgan fingerprint density at radius 2 is 1.95 bits per heavy atom. The maximum Gasteiger partial charge on any atom is 0.0876 e. The molecule has 0 heterocycles. The summed E-state index contributed by atoms with van der Waals surface area (Å²) in [4.78, 5) is 0. The van der Waals surface area contributed by atoms with Crippen LogP contribution in [0.4, 0.5) is 0 Å². The highest BCUT2D eigenvalue weighted by atomic mass is 28.3.